The van der Waals surface area contributed by atoms with Gasteiger partial charge in [0.15, 0.2) is 0 Å². The van der Waals surface area contributed by atoms with E-state index < -0.39 is 10.1 Å². The quantitative estimate of drug-likeness (QED) is 0.0313. The summed E-state index contributed by atoms with van der Waals surface area (Å²) in [6.07, 6.45) is 0. The number of aliphatic hydroxyl groups excluding tert-OH is 2. The molecule has 0 saturated heterocycles. The summed E-state index contributed by atoms with van der Waals surface area (Å²) >= 11 is 2.35. The van der Waals surface area contributed by atoms with Crippen LogP contribution in [0.25, 0.3) is 20.4 Å². The third-order valence-electron chi connectivity index (χ3n) is 10.4. The number of aromatic nitrogens is 5. The summed E-state index contributed by atoms with van der Waals surface area (Å²) in [5.41, 5.74) is 4.17. The van der Waals surface area contributed by atoms with Crippen molar-refractivity contribution in [3.05, 3.63) is 66.7 Å². The number of para-hydroxylation sites is 1. The van der Waals surface area contributed by atoms with Crippen LogP contribution in [0.15, 0.2) is 92.1 Å². The average molecular weight is 971 g/mol. The normalized spacial score (nSPS) is 11.8. The predicted molar refractivity (Wildman–Crippen MR) is 263 cm³/mol. The summed E-state index contributed by atoms with van der Waals surface area (Å²) in [6.45, 7) is 10.4. The van der Waals surface area contributed by atoms with Gasteiger partial charge in [0.2, 0.25) is 28.1 Å². The number of aliphatic hydroxyl groups is 2. The Morgan fingerprint density at radius 2 is 1.13 bits per heavy atom. The molecule has 67 heavy (non-hydrogen) atoms. The maximum absolute atomic E-state index is 12.1. The summed E-state index contributed by atoms with van der Waals surface area (Å²) < 4.78 is 47.0. The highest BCUT2D eigenvalue weighted by Gasteiger charge is 2.22. The van der Waals surface area contributed by atoms with Gasteiger partial charge in [-0.15, -0.1) is 20.5 Å². The number of anilines is 7. The molecule has 3 heterocycles. The smallest absolute Gasteiger partial charge is 0.296 e. The van der Waals surface area contributed by atoms with Crippen molar-refractivity contribution < 1.29 is 32.7 Å². The largest absolute Gasteiger partial charge is 0.494 e. The number of nitrogens with zero attached hydrogens (tertiary/aromatic N) is 12. The monoisotopic (exact) mass is 970 g/mol. The molecule has 0 aliphatic carbocycles. The van der Waals surface area contributed by atoms with Gasteiger partial charge in [0, 0.05) is 51.4 Å². The third-order valence-corrected chi connectivity index (χ3v) is 13.3. The van der Waals surface area contributed by atoms with E-state index in [1.165, 1.54) is 23.5 Å². The average Bonchev–Trinajstić information content (AvgIpc) is 3.95. The molecular formula is C43H50N14O7S3. The Balaban J connectivity index is 1.36. The first-order valence-electron chi connectivity index (χ1n) is 21.2. The second-order valence-corrected chi connectivity index (χ2v) is 17.7. The van der Waals surface area contributed by atoms with E-state index in [1.54, 1.807) is 37.3 Å². The van der Waals surface area contributed by atoms with Crippen molar-refractivity contribution in [1.82, 2.24) is 24.9 Å². The van der Waals surface area contributed by atoms with Crippen LogP contribution in [0.5, 0.6) is 11.5 Å². The molecule has 3 aromatic heterocycles. The van der Waals surface area contributed by atoms with E-state index in [-0.39, 0.29) is 64.6 Å². The SMILES string of the molecule is CCN(CC)c1cc(Nc2nc(Nc3cc(N(CC)CC)c(OC)cc3/N=N/c3nc4cccc(S(=O)(=O)O)c4s3)nc(N(CCO)CCO)n2)c(/N=N/c2nc3ccccc3s2)cc1OC. The minimum atomic E-state index is -4.53. The summed E-state index contributed by atoms with van der Waals surface area (Å²) in [5.74, 6) is 1.31. The fourth-order valence-corrected chi connectivity index (χ4v) is 9.71. The van der Waals surface area contributed by atoms with Crippen molar-refractivity contribution in [2.24, 2.45) is 20.5 Å². The Morgan fingerprint density at radius 3 is 1.63 bits per heavy atom. The molecular weight excluding hydrogens is 921 g/mol. The molecule has 7 rings (SSSR count). The lowest BCUT2D eigenvalue weighted by Gasteiger charge is -2.25. The third kappa shape index (κ3) is 11.1. The summed E-state index contributed by atoms with van der Waals surface area (Å²) in [4.78, 5) is 28.9. The second-order valence-electron chi connectivity index (χ2n) is 14.3. The van der Waals surface area contributed by atoms with E-state index in [0.29, 0.717) is 65.4 Å². The topological polar surface area (TPSA) is 261 Å². The van der Waals surface area contributed by atoms with Gasteiger partial charge in [0.05, 0.1) is 70.6 Å². The fraction of sp³-hybridized carbons (Fsp3) is 0.326. The minimum Gasteiger partial charge on any atom is -0.494 e. The lowest BCUT2D eigenvalue weighted by atomic mass is 10.2. The molecule has 0 bridgehead atoms. The maximum Gasteiger partial charge on any atom is 0.296 e. The highest BCUT2D eigenvalue weighted by Crippen LogP contribution is 2.43. The molecule has 352 valence electrons. The predicted octanol–water partition coefficient (Wildman–Crippen LogP) is 9.16. The first-order valence-corrected chi connectivity index (χ1v) is 24.3. The van der Waals surface area contributed by atoms with Crippen LogP contribution in [-0.2, 0) is 10.1 Å². The number of methoxy groups -OCH3 is 2. The van der Waals surface area contributed by atoms with E-state index in [0.717, 1.165) is 32.9 Å². The lowest BCUT2D eigenvalue weighted by Crippen LogP contribution is -2.31. The van der Waals surface area contributed by atoms with Gasteiger partial charge in [0.1, 0.15) is 27.8 Å². The van der Waals surface area contributed by atoms with Crippen LogP contribution in [0, 0.1) is 0 Å². The van der Waals surface area contributed by atoms with E-state index in [2.05, 4.69) is 50.9 Å². The lowest BCUT2D eigenvalue weighted by molar-refractivity contribution is 0.280. The number of fused-ring (bicyclic) bond motifs is 2. The standard InChI is InChI=1S/C43H50N14O7S3/c1-7-55(8-2)32-22-28(30(24-34(32)63-5)51-53-42-46-26-14-11-12-16-36(26)65-42)44-39-48-40(50-41(49-39)57(18-20-58)19-21-59)45-29-23-33(56(9-3)10-4)35(64-6)25-31(29)52-54-43-47-27-15-13-17-37(38(27)66-43)67(60,61)62/h11-17,22-25,58-59H,7-10,18-21H2,1-6H3,(H,60,61,62)(H2,44,45,48,49,50)/b53-51+,54-52+. The molecule has 24 heteroatoms. The zero-order valence-corrected chi connectivity index (χ0v) is 40.0. The first-order chi connectivity index (χ1) is 32.4. The molecule has 0 aliphatic heterocycles. The van der Waals surface area contributed by atoms with Crippen LogP contribution in [0.1, 0.15) is 27.7 Å². The van der Waals surface area contributed by atoms with Gasteiger partial charge in [-0.1, -0.05) is 40.9 Å². The summed E-state index contributed by atoms with van der Waals surface area (Å²) in [7, 11) is -1.40. The van der Waals surface area contributed by atoms with Gasteiger partial charge in [-0.2, -0.15) is 23.4 Å². The van der Waals surface area contributed by atoms with Crippen LogP contribution in [0.2, 0.25) is 0 Å². The molecule has 0 saturated carbocycles. The van der Waals surface area contributed by atoms with Crippen LogP contribution in [0.4, 0.5) is 62.2 Å². The molecule has 21 nitrogen and oxygen atoms in total. The number of hydrogen-bond acceptors (Lipinski definition) is 22. The molecule has 7 aromatic rings. The fourth-order valence-electron chi connectivity index (χ4n) is 7.10. The highest BCUT2D eigenvalue weighted by molar-refractivity contribution is 7.86. The van der Waals surface area contributed by atoms with E-state index >= 15 is 0 Å². The minimum absolute atomic E-state index is 0.0494. The van der Waals surface area contributed by atoms with Gasteiger partial charge in [-0.25, -0.2) is 9.97 Å². The molecule has 0 atom stereocenters. The van der Waals surface area contributed by atoms with Gasteiger partial charge in [-0.3, -0.25) is 4.55 Å². The van der Waals surface area contributed by atoms with E-state index in [4.69, 9.17) is 24.4 Å². The Labute approximate surface area is 394 Å². The van der Waals surface area contributed by atoms with Crippen molar-refractivity contribution in [3.8, 4) is 11.5 Å². The van der Waals surface area contributed by atoms with E-state index in [9.17, 15) is 23.2 Å². The van der Waals surface area contributed by atoms with Crippen molar-refractivity contribution in [2.45, 2.75) is 32.6 Å². The Bertz CT molecular complexity index is 2970. The Kier molecular flexibility index (Phi) is 15.6. The Hall–Kier alpha value is -6.70. The Morgan fingerprint density at radius 1 is 0.627 bits per heavy atom. The van der Waals surface area contributed by atoms with Gasteiger partial charge < -0.3 is 45.0 Å². The second kappa shape index (κ2) is 21.7. The number of azo groups is 2. The van der Waals surface area contributed by atoms with Gasteiger partial charge >= 0.3 is 0 Å². The zero-order chi connectivity index (χ0) is 47.7. The van der Waals surface area contributed by atoms with Gasteiger partial charge in [-0.05, 0) is 64.1 Å². The highest BCUT2D eigenvalue weighted by atomic mass is 32.2. The molecule has 0 radical (unpaired) electrons. The van der Waals surface area contributed by atoms with Crippen molar-refractivity contribution in [3.63, 3.8) is 0 Å². The molecule has 0 unspecified atom stereocenters. The number of ether oxygens (including phenoxy) is 2. The molecule has 5 N–H and O–H groups in total. The first kappa shape index (κ1) is 48.2. The number of rotatable bonds is 22. The maximum atomic E-state index is 12.1. The van der Waals surface area contributed by atoms with Crippen LogP contribution < -0.4 is 34.8 Å². The summed E-state index contributed by atoms with van der Waals surface area (Å²) in [6, 6.07) is 19.3. The number of thiazole rings is 2. The molecule has 4 aromatic carbocycles. The molecule has 0 spiro atoms. The van der Waals surface area contributed by atoms with Gasteiger partial charge in [0.25, 0.3) is 10.1 Å². The molecule has 0 aliphatic rings. The number of benzene rings is 4. The molecule has 0 fully saturated rings. The van der Waals surface area contributed by atoms with E-state index in [1.807, 2.05) is 64.1 Å². The van der Waals surface area contributed by atoms with Crippen molar-refractivity contribution in [2.75, 3.05) is 92.0 Å². The van der Waals surface area contributed by atoms with Crippen molar-refractivity contribution in [1.29, 1.82) is 0 Å². The van der Waals surface area contributed by atoms with Crippen LogP contribution >= 0.6 is 22.7 Å². The molecule has 0 amide bonds. The van der Waals surface area contributed by atoms with Crippen LogP contribution in [0.3, 0.4) is 0 Å². The van der Waals surface area contributed by atoms with Crippen LogP contribution in [-0.4, -0.2) is 115 Å². The number of hydrogen-bond donors (Lipinski definition) is 5. The van der Waals surface area contributed by atoms with Crippen molar-refractivity contribution >= 4 is 115 Å². The summed E-state index contributed by atoms with van der Waals surface area (Å²) in [5, 5.41) is 45.5. The zero-order valence-electron chi connectivity index (χ0n) is 37.6. The number of nitrogens with one attached hydrogen (secondary N) is 2.